The predicted octanol–water partition coefficient (Wildman–Crippen LogP) is 1.15. The van der Waals surface area contributed by atoms with Crippen LogP contribution in [0.5, 0.6) is 0 Å². The van der Waals surface area contributed by atoms with Gasteiger partial charge in [0.05, 0.1) is 19.3 Å². The Bertz CT molecular complexity index is 337. The first-order chi connectivity index (χ1) is 10.1. The molecule has 0 bridgehead atoms. The van der Waals surface area contributed by atoms with Crippen molar-refractivity contribution in [3.63, 3.8) is 0 Å². The maximum absolute atomic E-state index is 12.2. The molecule has 0 aromatic rings. The van der Waals surface area contributed by atoms with E-state index in [9.17, 15) is 9.90 Å². The van der Waals surface area contributed by atoms with Crippen LogP contribution in [0, 0.1) is 5.92 Å². The van der Waals surface area contributed by atoms with Crippen molar-refractivity contribution in [2.45, 2.75) is 63.6 Å². The van der Waals surface area contributed by atoms with Crippen molar-refractivity contribution in [1.29, 1.82) is 0 Å². The molecule has 2 N–H and O–H groups in total. The molecule has 2 fully saturated rings. The van der Waals surface area contributed by atoms with Gasteiger partial charge in [-0.3, -0.25) is 9.69 Å². The minimum atomic E-state index is -0.175. The molecule has 1 saturated heterocycles. The molecule has 4 unspecified atom stereocenters. The van der Waals surface area contributed by atoms with Gasteiger partial charge in [-0.2, -0.15) is 0 Å². The summed E-state index contributed by atoms with van der Waals surface area (Å²) in [5.41, 5.74) is 0. The summed E-state index contributed by atoms with van der Waals surface area (Å²) >= 11 is 0. The monoisotopic (exact) mass is 298 g/mol. The van der Waals surface area contributed by atoms with Gasteiger partial charge in [-0.15, -0.1) is 0 Å². The zero-order valence-electron chi connectivity index (χ0n) is 13.4. The second kappa shape index (κ2) is 8.11. The van der Waals surface area contributed by atoms with Gasteiger partial charge in [0.2, 0.25) is 5.91 Å². The van der Waals surface area contributed by atoms with E-state index in [0.717, 1.165) is 38.6 Å². The molecule has 1 heterocycles. The summed E-state index contributed by atoms with van der Waals surface area (Å²) in [5.74, 6) is 0.424. The van der Waals surface area contributed by atoms with Crippen molar-refractivity contribution in [2.75, 3.05) is 26.8 Å². The molecule has 21 heavy (non-hydrogen) atoms. The molecule has 1 saturated carbocycles. The largest absolute Gasteiger partial charge is 0.393 e. The van der Waals surface area contributed by atoms with Gasteiger partial charge in [0, 0.05) is 25.1 Å². The lowest BCUT2D eigenvalue weighted by Crippen LogP contribution is -2.51. The Hall–Kier alpha value is -0.650. The molecule has 4 atom stereocenters. The average Bonchev–Trinajstić information content (AvgIpc) is 2.85. The van der Waals surface area contributed by atoms with Crippen LogP contribution in [0.3, 0.4) is 0 Å². The number of piperidine rings is 1. The first-order valence-corrected chi connectivity index (χ1v) is 8.32. The SMILES string of the molecule is COCC(C)NC(=O)CN1CCCCC1C1CCCC1O. The van der Waals surface area contributed by atoms with Gasteiger partial charge in [0.25, 0.3) is 0 Å². The Morgan fingerprint density at radius 2 is 2.14 bits per heavy atom. The number of hydrogen-bond acceptors (Lipinski definition) is 4. The molecule has 0 aromatic carbocycles. The number of amides is 1. The van der Waals surface area contributed by atoms with E-state index in [-0.39, 0.29) is 18.1 Å². The van der Waals surface area contributed by atoms with Crippen LogP contribution in [0.25, 0.3) is 0 Å². The highest BCUT2D eigenvalue weighted by Crippen LogP contribution is 2.34. The fraction of sp³-hybridized carbons (Fsp3) is 0.938. The van der Waals surface area contributed by atoms with E-state index in [1.807, 2.05) is 6.92 Å². The molecule has 1 aliphatic heterocycles. The Morgan fingerprint density at radius 1 is 1.33 bits per heavy atom. The number of aliphatic hydroxyl groups excluding tert-OH is 1. The average molecular weight is 298 g/mol. The molecule has 122 valence electrons. The molecular formula is C16H30N2O3. The summed E-state index contributed by atoms with van der Waals surface area (Å²) in [5, 5.41) is 13.1. The van der Waals surface area contributed by atoms with Gasteiger partial charge in [-0.05, 0) is 39.2 Å². The van der Waals surface area contributed by atoms with Crippen molar-refractivity contribution in [2.24, 2.45) is 5.92 Å². The second-order valence-corrected chi connectivity index (χ2v) is 6.62. The van der Waals surface area contributed by atoms with Crippen molar-refractivity contribution >= 4 is 5.91 Å². The third-order valence-electron chi connectivity index (χ3n) is 4.86. The minimum Gasteiger partial charge on any atom is -0.393 e. The summed E-state index contributed by atoms with van der Waals surface area (Å²) in [6.45, 7) is 3.91. The number of carbonyl (C=O) groups is 1. The van der Waals surface area contributed by atoms with Crippen LogP contribution in [0.2, 0.25) is 0 Å². The molecule has 0 spiro atoms. The predicted molar refractivity (Wildman–Crippen MR) is 82.0 cm³/mol. The Labute approximate surface area is 128 Å². The highest BCUT2D eigenvalue weighted by atomic mass is 16.5. The molecule has 0 aromatic heterocycles. The van der Waals surface area contributed by atoms with Gasteiger partial charge in [0.15, 0.2) is 0 Å². The first kappa shape index (κ1) is 16.7. The van der Waals surface area contributed by atoms with Gasteiger partial charge in [-0.1, -0.05) is 12.8 Å². The normalized spacial score (nSPS) is 32.0. The zero-order valence-corrected chi connectivity index (χ0v) is 13.4. The van der Waals surface area contributed by atoms with Crippen LogP contribution in [0.4, 0.5) is 0 Å². The van der Waals surface area contributed by atoms with Crippen LogP contribution in [0.15, 0.2) is 0 Å². The Balaban J connectivity index is 1.88. The number of hydrogen-bond donors (Lipinski definition) is 2. The number of carbonyl (C=O) groups excluding carboxylic acids is 1. The van der Waals surface area contributed by atoms with E-state index in [0.29, 0.717) is 25.1 Å². The summed E-state index contributed by atoms with van der Waals surface area (Å²) < 4.78 is 5.05. The van der Waals surface area contributed by atoms with E-state index in [4.69, 9.17) is 4.74 Å². The van der Waals surface area contributed by atoms with Gasteiger partial charge in [-0.25, -0.2) is 0 Å². The van der Waals surface area contributed by atoms with Crippen molar-refractivity contribution < 1.29 is 14.6 Å². The lowest BCUT2D eigenvalue weighted by Gasteiger charge is -2.40. The number of methoxy groups -OCH3 is 1. The van der Waals surface area contributed by atoms with Crippen LogP contribution in [-0.2, 0) is 9.53 Å². The zero-order chi connectivity index (χ0) is 15.2. The van der Waals surface area contributed by atoms with Crippen LogP contribution in [0.1, 0.15) is 45.4 Å². The standard InChI is InChI=1S/C16H30N2O3/c1-12(11-21-2)17-16(20)10-18-9-4-3-7-14(18)13-6-5-8-15(13)19/h12-15,19H,3-11H2,1-2H3,(H,17,20). The number of ether oxygens (including phenoxy) is 1. The smallest absolute Gasteiger partial charge is 0.234 e. The minimum absolute atomic E-state index is 0.0443. The van der Waals surface area contributed by atoms with Crippen LogP contribution < -0.4 is 5.32 Å². The van der Waals surface area contributed by atoms with Crippen molar-refractivity contribution in [3.05, 3.63) is 0 Å². The summed E-state index contributed by atoms with van der Waals surface area (Å²) in [7, 11) is 1.64. The highest BCUT2D eigenvalue weighted by molar-refractivity contribution is 5.78. The Kier molecular flexibility index (Phi) is 6.45. The quantitative estimate of drug-likeness (QED) is 0.772. The maximum Gasteiger partial charge on any atom is 0.234 e. The molecule has 2 rings (SSSR count). The molecule has 5 nitrogen and oxygen atoms in total. The first-order valence-electron chi connectivity index (χ1n) is 8.32. The number of nitrogens with zero attached hydrogens (tertiary/aromatic N) is 1. The van der Waals surface area contributed by atoms with Crippen LogP contribution >= 0.6 is 0 Å². The van der Waals surface area contributed by atoms with Gasteiger partial charge < -0.3 is 15.2 Å². The molecule has 1 aliphatic carbocycles. The third-order valence-corrected chi connectivity index (χ3v) is 4.86. The highest BCUT2D eigenvalue weighted by Gasteiger charge is 2.37. The van der Waals surface area contributed by atoms with E-state index in [1.54, 1.807) is 7.11 Å². The molecule has 2 aliphatic rings. The molecule has 1 amide bonds. The lowest BCUT2D eigenvalue weighted by atomic mass is 9.87. The molecule has 5 heteroatoms. The number of nitrogens with one attached hydrogen (secondary N) is 1. The second-order valence-electron chi connectivity index (χ2n) is 6.62. The van der Waals surface area contributed by atoms with Gasteiger partial charge in [0.1, 0.15) is 0 Å². The maximum atomic E-state index is 12.2. The lowest BCUT2D eigenvalue weighted by molar-refractivity contribution is -0.124. The van der Waals surface area contributed by atoms with E-state index in [1.165, 1.54) is 6.42 Å². The fourth-order valence-electron chi connectivity index (χ4n) is 3.91. The number of rotatable bonds is 6. The summed E-state index contributed by atoms with van der Waals surface area (Å²) in [4.78, 5) is 14.5. The van der Waals surface area contributed by atoms with Crippen molar-refractivity contribution in [3.8, 4) is 0 Å². The molecular weight excluding hydrogens is 268 g/mol. The number of likely N-dealkylation sites (tertiary alicyclic amines) is 1. The third kappa shape index (κ3) is 4.66. The molecule has 0 radical (unpaired) electrons. The Morgan fingerprint density at radius 3 is 2.81 bits per heavy atom. The summed E-state index contributed by atoms with van der Waals surface area (Å²) in [6, 6.07) is 0.419. The topological polar surface area (TPSA) is 61.8 Å². The van der Waals surface area contributed by atoms with Crippen LogP contribution in [-0.4, -0.2) is 60.9 Å². The van der Waals surface area contributed by atoms with E-state index < -0.39 is 0 Å². The van der Waals surface area contributed by atoms with E-state index in [2.05, 4.69) is 10.2 Å². The fourth-order valence-corrected chi connectivity index (χ4v) is 3.91. The van der Waals surface area contributed by atoms with Gasteiger partial charge >= 0.3 is 0 Å². The van der Waals surface area contributed by atoms with E-state index >= 15 is 0 Å². The summed E-state index contributed by atoms with van der Waals surface area (Å²) in [6.07, 6.45) is 6.45. The number of aliphatic hydroxyl groups is 1. The van der Waals surface area contributed by atoms with Crippen molar-refractivity contribution in [1.82, 2.24) is 10.2 Å².